The van der Waals surface area contributed by atoms with Gasteiger partial charge in [0, 0.05) is 17.1 Å². The molecule has 1 amide bonds. The minimum atomic E-state index is -0.246. The molecular weight excluding hydrogens is 341 g/mol. The minimum Gasteiger partial charge on any atom is -0.354 e. The number of aromatic nitrogens is 2. The standard InChI is InChI=1S/C15H11Cl2N3OS/c1-18-15(21)12-8-13(14-3-2-4-22-14)20(19-12)11-6-9(16)5-10(17)7-11/h2-8H,1H3,(H,18,21). The predicted molar refractivity (Wildman–Crippen MR) is 90.3 cm³/mol. The predicted octanol–water partition coefficient (Wildman–Crippen LogP) is 4.27. The molecule has 0 saturated heterocycles. The van der Waals surface area contributed by atoms with E-state index < -0.39 is 0 Å². The lowest BCUT2D eigenvalue weighted by molar-refractivity contribution is 0.0957. The molecule has 0 aliphatic carbocycles. The maximum absolute atomic E-state index is 11.9. The van der Waals surface area contributed by atoms with E-state index in [2.05, 4.69) is 10.4 Å². The quantitative estimate of drug-likeness (QED) is 0.765. The average molecular weight is 352 g/mol. The summed E-state index contributed by atoms with van der Waals surface area (Å²) in [7, 11) is 1.57. The summed E-state index contributed by atoms with van der Waals surface area (Å²) in [5.41, 5.74) is 1.85. The van der Waals surface area contributed by atoms with Gasteiger partial charge in [0.05, 0.1) is 16.3 Å². The summed E-state index contributed by atoms with van der Waals surface area (Å²) in [6, 6.07) is 10.8. The van der Waals surface area contributed by atoms with Gasteiger partial charge in [-0.15, -0.1) is 11.3 Å². The largest absolute Gasteiger partial charge is 0.354 e. The summed E-state index contributed by atoms with van der Waals surface area (Å²) in [4.78, 5) is 12.9. The molecule has 0 aliphatic heterocycles. The Hall–Kier alpha value is -1.82. The van der Waals surface area contributed by atoms with Gasteiger partial charge >= 0.3 is 0 Å². The van der Waals surface area contributed by atoms with Gasteiger partial charge in [-0.25, -0.2) is 4.68 Å². The Kier molecular flexibility index (Phi) is 4.20. The van der Waals surface area contributed by atoms with Gasteiger partial charge in [0.25, 0.3) is 5.91 Å². The fourth-order valence-corrected chi connectivity index (χ4v) is 3.32. The van der Waals surface area contributed by atoms with Crippen molar-refractivity contribution in [2.24, 2.45) is 0 Å². The Balaban J connectivity index is 2.20. The Morgan fingerprint density at radius 1 is 1.23 bits per heavy atom. The highest BCUT2D eigenvalue weighted by molar-refractivity contribution is 7.13. The molecule has 2 heterocycles. The second kappa shape index (κ2) is 6.12. The van der Waals surface area contributed by atoms with E-state index >= 15 is 0 Å². The van der Waals surface area contributed by atoms with Crippen LogP contribution in [0.2, 0.25) is 10.0 Å². The molecule has 0 fully saturated rings. The first-order valence-corrected chi connectivity index (χ1v) is 8.04. The maximum atomic E-state index is 11.9. The minimum absolute atomic E-state index is 0.246. The zero-order chi connectivity index (χ0) is 15.7. The molecule has 3 aromatic rings. The van der Waals surface area contributed by atoms with Gasteiger partial charge < -0.3 is 5.32 Å². The number of benzene rings is 1. The molecule has 2 aromatic heterocycles. The zero-order valence-corrected chi connectivity index (χ0v) is 13.8. The number of carbonyl (C=O) groups excluding carboxylic acids is 1. The number of carbonyl (C=O) groups is 1. The molecule has 112 valence electrons. The SMILES string of the molecule is CNC(=O)c1cc(-c2cccs2)n(-c2cc(Cl)cc(Cl)c2)n1. The Morgan fingerprint density at radius 2 is 1.95 bits per heavy atom. The van der Waals surface area contributed by atoms with Crippen molar-refractivity contribution in [3.63, 3.8) is 0 Å². The van der Waals surface area contributed by atoms with Crippen LogP contribution in [0.5, 0.6) is 0 Å². The van der Waals surface area contributed by atoms with Crippen LogP contribution in [0.4, 0.5) is 0 Å². The summed E-state index contributed by atoms with van der Waals surface area (Å²) >= 11 is 13.7. The smallest absolute Gasteiger partial charge is 0.271 e. The van der Waals surface area contributed by atoms with Crippen LogP contribution in [0.3, 0.4) is 0 Å². The molecule has 0 radical (unpaired) electrons. The van der Waals surface area contributed by atoms with E-state index in [0.717, 1.165) is 10.6 Å². The van der Waals surface area contributed by atoms with E-state index in [1.807, 2.05) is 17.5 Å². The summed E-state index contributed by atoms with van der Waals surface area (Å²) in [5, 5.41) is 9.95. The van der Waals surface area contributed by atoms with E-state index in [1.165, 1.54) is 0 Å². The van der Waals surface area contributed by atoms with Crippen molar-refractivity contribution < 1.29 is 4.79 Å². The van der Waals surface area contributed by atoms with Gasteiger partial charge in [-0.3, -0.25) is 4.79 Å². The van der Waals surface area contributed by atoms with E-state index in [9.17, 15) is 4.79 Å². The molecule has 1 N–H and O–H groups in total. The van der Waals surface area contributed by atoms with Crippen molar-refractivity contribution in [2.45, 2.75) is 0 Å². The third kappa shape index (κ3) is 2.88. The first-order chi connectivity index (χ1) is 10.6. The lowest BCUT2D eigenvalue weighted by atomic mass is 10.2. The first kappa shape index (κ1) is 15.1. The number of amides is 1. The number of nitrogens with one attached hydrogen (secondary N) is 1. The van der Waals surface area contributed by atoms with Crippen molar-refractivity contribution in [1.29, 1.82) is 0 Å². The summed E-state index contributed by atoms with van der Waals surface area (Å²) in [6.07, 6.45) is 0. The van der Waals surface area contributed by atoms with E-state index in [4.69, 9.17) is 23.2 Å². The second-order valence-corrected chi connectivity index (χ2v) is 6.33. The molecule has 0 aliphatic rings. The van der Waals surface area contributed by atoms with Gasteiger partial charge in [-0.05, 0) is 35.7 Å². The van der Waals surface area contributed by atoms with Crippen molar-refractivity contribution in [2.75, 3.05) is 7.05 Å². The van der Waals surface area contributed by atoms with Crippen LogP contribution < -0.4 is 5.32 Å². The lowest BCUT2D eigenvalue weighted by Gasteiger charge is -2.07. The number of hydrogen-bond acceptors (Lipinski definition) is 3. The van der Waals surface area contributed by atoms with Crippen LogP contribution >= 0.6 is 34.5 Å². The van der Waals surface area contributed by atoms with Crippen molar-refractivity contribution in [1.82, 2.24) is 15.1 Å². The number of nitrogens with zero attached hydrogens (tertiary/aromatic N) is 2. The molecule has 0 unspecified atom stereocenters. The van der Waals surface area contributed by atoms with Crippen LogP contribution in [-0.2, 0) is 0 Å². The second-order valence-electron chi connectivity index (χ2n) is 4.51. The molecule has 0 atom stereocenters. The topological polar surface area (TPSA) is 46.9 Å². The third-order valence-corrected chi connectivity index (χ3v) is 4.36. The van der Waals surface area contributed by atoms with Gasteiger partial charge in [0.15, 0.2) is 5.69 Å². The molecular formula is C15H11Cl2N3OS. The Morgan fingerprint density at radius 3 is 2.55 bits per heavy atom. The molecule has 4 nitrogen and oxygen atoms in total. The monoisotopic (exact) mass is 351 g/mol. The molecule has 3 rings (SSSR count). The fourth-order valence-electron chi connectivity index (χ4n) is 2.08. The highest BCUT2D eigenvalue weighted by atomic mass is 35.5. The zero-order valence-electron chi connectivity index (χ0n) is 11.5. The van der Waals surface area contributed by atoms with E-state index in [-0.39, 0.29) is 5.91 Å². The molecule has 7 heteroatoms. The van der Waals surface area contributed by atoms with Crippen LogP contribution in [-0.4, -0.2) is 22.7 Å². The van der Waals surface area contributed by atoms with E-state index in [1.54, 1.807) is 47.3 Å². The normalized spacial score (nSPS) is 10.7. The van der Waals surface area contributed by atoms with Crippen molar-refractivity contribution in [3.05, 3.63) is 57.5 Å². The Labute approximate surface area is 141 Å². The molecule has 0 spiro atoms. The summed E-state index contributed by atoms with van der Waals surface area (Å²) in [5.74, 6) is -0.246. The van der Waals surface area contributed by atoms with Crippen molar-refractivity contribution >= 4 is 40.4 Å². The maximum Gasteiger partial charge on any atom is 0.271 e. The molecule has 1 aromatic carbocycles. The van der Waals surface area contributed by atoms with Crippen LogP contribution in [0.25, 0.3) is 16.3 Å². The van der Waals surface area contributed by atoms with Crippen LogP contribution in [0.1, 0.15) is 10.5 Å². The van der Waals surface area contributed by atoms with Gasteiger partial charge in [0.1, 0.15) is 0 Å². The van der Waals surface area contributed by atoms with Crippen LogP contribution in [0.15, 0.2) is 41.8 Å². The van der Waals surface area contributed by atoms with Crippen LogP contribution in [0, 0.1) is 0 Å². The molecule has 0 saturated carbocycles. The Bertz CT molecular complexity index is 807. The highest BCUT2D eigenvalue weighted by Gasteiger charge is 2.17. The number of halogens is 2. The molecule has 22 heavy (non-hydrogen) atoms. The highest BCUT2D eigenvalue weighted by Crippen LogP contribution is 2.30. The van der Waals surface area contributed by atoms with Gasteiger partial charge in [-0.2, -0.15) is 5.10 Å². The number of hydrogen-bond donors (Lipinski definition) is 1. The summed E-state index contributed by atoms with van der Waals surface area (Å²) in [6.45, 7) is 0. The van der Waals surface area contributed by atoms with Gasteiger partial charge in [0.2, 0.25) is 0 Å². The molecule has 0 bridgehead atoms. The van der Waals surface area contributed by atoms with E-state index in [0.29, 0.717) is 21.4 Å². The van der Waals surface area contributed by atoms with Crippen molar-refractivity contribution in [3.8, 4) is 16.3 Å². The lowest BCUT2D eigenvalue weighted by Crippen LogP contribution is -2.18. The number of rotatable bonds is 3. The third-order valence-electron chi connectivity index (χ3n) is 3.03. The summed E-state index contributed by atoms with van der Waals surface area (Å²) < 4.78 is 1.67. The average Bonchev–Trinajstić information content (AvgIpc) is 3.14. The fraction of sp³-hybridized carbons (Fsp3) is 0.0667. The first-order valence-electron chi connectivity index (χ1n) is 6.41. The van der Waals surface area contributed by atoms with Gasteiger partial charge in [-0.1, -0.05) is 29.3 Å². The number of thiophene rings is 1.